The molecule has 0 fully saturated rings. The van der Waals surface area contributed by atoms with Gasteiger partial charge in [-0.1, -0.05) is 23.3 Å². The molecule has 14 heavy (non-hydrogen) atoms. The molecule has 0 amide bonds. The Hall–Kier alpha value is -0.560. The van der Waals surface area contributed by atoms with Crippen LogP contribution < -0.4 is 0 Å². The van der Waals surface area contributed by atoms with Crippen LogP contribution in [0, 0.1) is 0 Å². The summed E-state index contributed by atoms with van der Waals surface area (Å²) in [6, 6.07) is 0. The fraction of sp³-hybridized carbons (Fsp3) is 0.692. The van der Waals surface area contributed by atoms with Crippen LogP contribution in [0.5, 0.6) is 0 Å². The standard InChI is InChI=1S/C13H24O/c1-11(2)7-5-8-12(3)9-6-10-13(4)14/h7,9,13-14H,5-6,8,10H2,1-4H3/b12-9-. The highest BCUT2D eigenvalue weighted by Gasteiger charge is 1.93. The molecule has 1 N–H and O–H groups in total. The summed E-state index contributed by atoms with van der Waals surface area (Å²) in [6.07, 6.45) is 8.50. The van der Waals surface area contributed by atoms with Gasteiger partial charge < -0.3 is 5.11 Å². The molecule has 0 aromatic carbocycles. The highest BCUT2D eigenvalue weighted by atomic mass is 16.3. The summed E-state index contributed by atoms with van der Waals surface area (Å²) in [7, 11) is 0. The van der Waals surface area contributed by atoms with Crippen molar-refractivity contribution in [3.05, 3.63) is 23.3 Å². The minimum absolute atomic E-state index is 0.170. The zero-order valence-corrected chi connectivity index (χ0v) is 10.0. The van der Waals surface area contributed by atoms with Crippen LogP contribution in [0.15, 0.2) is 23.3 Å². The van der Waals surface area contributed by atoms with Gasteiger partial charge in [-0.05, 0) is 53.4 Å². The molecule has 0 aromatic heterocycles. The molecule has 0 saturated heterocycles. The van der Waals surface area contributed by atoms with E-state index in [1.807, 2.05) is 6.92 Å². The van der Waals surface area contributed by atoms with Crippen LogP contribution in [0.4, 0.5) is 0 Å². The Morgan fingerprint density at radius 2 is 1.79 bits per heavy atom. The molecule has 0 bridgehead atoms. The van der Waals surface area contributed by atoms with E-state index in [4.69, 9.17) is 5.11 Å². The molecule has 1 heteroatoms. The SMILES string of the molecule is CC(C)=CCC/C(C)=C\CCC(C)O. The van der Waals surface area contributed by atoms with Crippen molar-refractivity contribution >= 4 is 0 Å². The van der Waals surface area contributed by atoms with E-state index in [2.05, 4.69) is 32.9 Å². The summed E-state index contributed by atoms with van der Waals surface area (Å²) in [5, 5.41) is 9.08. The predicted octanol–water partition coefficient (Wildman–Crippen LogP) is 3.84. The summed E-state index contributed by atoms with van der Waals surface area (Å²) in [5.74, 6) is 0. The first kappa shape index (κ1) is 13.4. The van der Waals surface area contributed by atoms with Crippen LogP contribution in [-0.4, -0.2) is 11.2 Å². The Morgan fingerprint density at radius 1 is 1.14 bits per heavy atom. The molecule has 0 rings (SSSR count). The molecule has 0 aliphatic carbocycles. The number of hydrogen-bond acceptors (Lipinski definition) is 1. The second-order valence-electron chi connectivity index (χ2n) is 4.30. The van der Waals surface area contributed by atoms with E-state index in [1.54, 1.807) is 0 Å². The van der Waals surface area contributed by atoms with E-state index < -0.39 is 0 Å². The quantitative estimate of drug-likeness (QED) is 0.640. The van der Waals surface area contributed by atoms with Gasteiger partial charge in [0.2, 0.25) is 0 Å². The van der Waals surface area contributed by atoms with Crippen molar-refractivity contribution in [3.8, 4) is 0 Å². The minimum atomic E-state index is -0.170. The van der Waals surface area contributed by atoms with Crippen molar-refractivity contribution < 1.29 is 5.11 Å². The summed E-state index contributed by atoms with van der Waals surface area (Å²) in [4.78, 5) is 0. The third-order valence-electron chi connectivity index (χ3n) is 2.17. The monoisotopic (exact) mass is 196 g/mol. The third-order valence-corrected chi connectivity index (χ3v) is 2.17. The fourth-order valence-corrected chi connectivity index (χ4v) is 1.26. The minimum Gasteiger partial charge on any atom is -0.393 e. The smallest absolute Gasteiger partial charge is 0.0515 e. The molecule has 0 radical (unpaired) electrons. The van der Waals surface area contributed by atoms with Gasteiger partial charge in [-0.3, -0.25) is 0 Å². The van der Waals surface area contributed by atoms with Crippen LogP contribution in [0.1, 0.15) is 53.4 Å². The largest absolute Gasteiger partial charge is 0.393 e. The maximum absolute atomic E-state index is 9.08. The Labute approximate surface area is 88.5 Å². The van der Waals surface area contributed by atoms with E-state index in [-0.39, 0.29) is 6.10 Å². The summed E-state index contributed by atoms with van der Waals surface area (Å²) in [5.41, 5.74) is 2.82. The second kappa shape index (κ2) is 7.81. The van der Waals surface area contributed by atoms with E-state index in [9.17, 15) is 0 Å². The lowest BCUT2D eigenvalue weighted by atomic mass is 10.1. The molecule has 1 nitrogen and oxygen atoms in total. The van der Waals surface area contributed by atoms with Gasteiger partial charge in [-0.15, -0.1) is 0 Å². The van der Waals surface area contributed by atoms with Crippen molar-refractivity contribution in [1.82, 2.24) is 0 Å². The number of rotatable bonds is 6. The zero-order chi connectivity index (χ0) is 11.0. The van der Waals surface area contributed by atoms with Gasteiger partial charge in [0.05, 0.1) is 6.10 Å². The van der Waals surface area contributed by atoms with Crippen molar-refractivity contribution in [2.45, 2.75) is 59.5 Å². The number of hydrogen-bond donors (Lipinski definition) is 1. The first-order valence-electron chi connectivity index (χ1n) is 5.49. The van der Waals surface area contributed by atoms with Gasteiger partial charge in [0, 0.05) is 0 Å². The number of aliphatic hydroxyl groups excluding tert-OH is 1. The Bertz CT molecular complexity index is 195. The average molecular weight is 196 g/mol. The van der Waals surface area contributed by atoms with Crippen LogP contribution in [-0.2, 0) is 0 Å². The molecule has 0 spiro atoms. The van der Waals surface area contributed by atoms with Crippen molar-refractivity contribution in [3.63, 3.8) is 0 Å². The lowest BCUT2D eigenvalue weighted by molar-refractivity contribution is 0.186. The van der Waals surface area contributed by atoms with Crippen LogP contribution in [0.2, 0.25) is 0 Å². The van der Waals surface area contributed by atoms with E-state index in [0.29, 0.717) is 0 Å². The molecule has 0 aliphatic heterocycles. The average Bonchev–Trinajstić information content (AvgIpc) is 2.02. The Balaban J connectivity index is 3.62. The van der Waals surface area contributed by atoms with E-state index in [0.717, 1.165) is 25.7 Å². The maximum atomic E-state index is 9.08. The normalized spacial score (nSPS) is 13.9. The Kier molecular flexibility index (Phi) is 7.50. The lowest BCUT2D eigenvalue weighted by Gasteiger charge is -2.02. The van der Waals surface area contributed by atoms with Gasteiger partial charge >= 0.3 is 0 Å². The predicted molar refractivity (Wildman–Crippen MR) is 63.3 cm³/mol. The van der Waals surface area contributed by atoms with Crippen LogP contribution in [0.25, 0.3) is 0 Å². The number of allylic oxidation sites excluding steroid dienone is 4. The molecule has 1 unspecified atom stereocenters. The van der Waals surface area contributed by atoms with Crippen molar-refractivity contribution in [2.24, 2.45) is 0 Å². The molecule has 1 atom stereocenters. The summed E-state index contributed by atoms with van der Waals surface area (Å²) in [6.45, 7) is 8.27. The molecular weight excluding hydrogens is 172 g/mol. The van der Waals surface area contributed by atoms with Gasteiger partial charge in [0.15, 0.2) is 0 Å². The maximum Gasteiger partial charge on any atom is 0.0515 e. The second-order valence-corrected chi connectivity index (χ2v) is 4.30. The first-order valence-corrected chi connectivity index (χ1v) is 5.49. The molecule has 0 saturated carbocycles. The topological polar surface area (TPSA) is 20.2 Å². The molecule has 0 aliphatic rings. The number of aliphatic hydroxyl groups is 1. The van der Waals surface area contributed by atoms with Gasteiger partial charge in [0.25, 0.3) is 0 Å². The van der Waals surface area contributed by atoms with Crippen molar-refractivity contribution in [2.75, 3.05) is 0 Å². The van der Waals surface area contributed by atoms with Crippen molar-refractivity contribution in [1.29, 1.82) is 0 Å². The summed E-state index contributed by atoms with van der Waals surface area (Å²) < 4.78 is 0. The van der Waals surface area contributed by atoms with E-state index >= 15 is 0 Å². The van der Waals surface area contributed by atoms with Crippen LogP contribution in [0.3, 0.4) is 0 Å². The van der Waals surface area contributed by atoms with Gasteiger partial charge in [-0.2, -0.15) is 0 Å². The molecule has 0 aromatic rings. The first-order chi connectivity index (χ1) is 6.52. The highest BCUT2D eigenvalue weighted by molar-refractivity contribution is 5.02. The lowest BCUT2D eigenvalue weighted by Crippen LogP contribution is -1.97. The van der Waals surface area contributed by atoms with Gasteiger partial charge in [-0.25, -0.2) is 0 Å². The van der Waals surface area contributed by atoms with Gasteiger partial charge in [0.1, 0.15) is 0 Å². The zero-order valence-electron chi connectivity index (χ0n) is 10.0. The Morgan fingerprint density at radius 3 is 2.29 bits per heavy atom. The fourth-order valence-electron chi connectivity index (χ4n) is 1.26. The molecular formula is C13H24O. The molecule has 0 heterocycles. The van der Waals surface area contributed by atoms with E-state index in [1.165, 1.54) is 11.1 Å². The highest BCUT2D eigenvalue weighted by Crippen LogP contribution is 2.09. The molecule has 82 valence electrons. The summed E-state index contributed by atoms with van der Waals surface area (Å²) >= 11 is 0. The third kappa shape index (κ3) is 9.53. The van der Waals surface area contributed by atoms with Crippen LogP contribution >= 0.6 is 0 Å².